The summed E-state index contributed by atoms with van der Waals surface area (Å²) < 4.78 is 4.60. The lowest BCUT2D eigenvalue weighted by Gasteiger charge is -2.55. The highest BCUT2D eigenvalue weighted by Crippen LogP contribution is 2.60. The molecule has 10 heteroatoms. The van der Waals surface area contributed by atoms with Gasteiger partial charge in [-0.05, 0) is 86.6 Å². The lowest BCUT2D eigenvalue weighted by atomic mass is 9.49. The fourth-order valence-corrected chi connectivity index (χ4v) is 7.48. The number of rotatable bonds is 5. The van der Waals surface area contributed by atoms with Crippen molar-refractivity contribution in [1.29, 1.82) is 5.26 Å². The second-order valence-corrected chi connectivity index (χ2v) is 11.4. The van der Waals surface area contributed by atoms with Gasteiger partial charge in [0.1, 0.15) is 5.69 Å². The maximum Gasteiger partial charge on any atom is 0.439 e. The Balaban J connectivity index is 1.16. The van der Waals surface area contributed by atoms with Crippen LogP contribution in [-0.2, 0) is 4.79 Å². The summed E-state index contributed by atoms with van der Waals surface area (Å²) in [5.41, 5.74) is 2.37. The van der Waals surface area contributed by atoms with Crippen LogP contribution in [0.5, 0.6) is 0 Å². The number of nitriles is 1. The molecule has 0 saturated heterocycles. The van der Waals surface area contributed by atoms with Crippen LogP contribution in [0.3, 0.4) is 0 Å². The summed E-state index contributed by atoms with van der Waals surface area (Å²) in [7, 11) is 0. The maximum absolute atomic E-state index is 13.7. The van der Waals surface area contributed by atoms with Crippen LogP contribution in [0.15, 0.2) is 51.8 Å². The summed E-state index contributed by atoms with van der Waals surface area (Å²) in [4.78, 5) is 44.0. The number of aromatic nitrogens is 3. The highest BCUT2D eigenvalue weighted by molar-refractivity contribution is 6.10. The minimum atomic E-state index is -0.747. The zero-order valence-electron chi connectivity index (χ0n) is 21.0. The molecule has 39 heavy (non-hydrogen) atoms. The fourth-order valence-electron chi connectivity index (χ4n) is 7.48. The van der Waals surface area contributed by atoms with Gasteiger partial charge in [0.2, 0.25) is 5.91 Å². The summed E-state index contributed by atoms with van der Waals surface area (Å²) >= 11 is 0. The van der Waals surface area contributed by atoms with Crippen molar-refractivity contribution < 1.29 is 14.1 Å². The average Bonchev–Trinajstić information content (AvgIpc) is 3.55. The Morgan fingerprint density at radius 3 is 2.38 bits per heavy atom. The van der Waals surface area contributed by atoms with Crippen molar-refractivity contribution in [2.45, 2.75) is 38.5 Å². The highest BCUT2D eigenvalue weighted by Gasteiger charge is 2.54. The van der Waals surface area contributed by atoms with E-state index in [-0.39, 0.29) is 17.1 Å². The topological polar surface area (TPSA) is 157 Å². The van der Waals surface area contributed by atoms with Crippen LogP contribution >= 0.6 is 0 Å². The largest absolute Gasteiger partial charge is 0.439 e. The van der Waals surface area contributed by atoms with Crippen molar-refractivity contribution in [1.82, 2.24) is 15.1 Å². The second-order valence-electron chi connectivity index (χ2n) is 11.4. The van der Waals surface area contributed by atoms with E-state index in [2.05, 4.69) is 30.3 Å². The SMILES string of the molecule is N#Cc1ccc(NC(=O)c2cc3cccc(NC(=O)C45CC6CC(CC(C6)C4)C5)c3[nH]2)c(-c2noc(=O)[nH]2)c1. The van der Waals surface area contributed by atoms with Gasteiger partial charge in [-0.2, -0.15) is 5.26 Å². The molecule has 2 amide bonds. The number of fused-ring (bicyclic) bond motifs is 1. The minimum absolute atomic E-state index is 0.0959. The number of hydrogen-bond acceptors (Lipinski definition) is 6. The molecule has 4 N–H and O–H groups in total. The van der Waals surface area contributed by atoms with Crippen molar-refractivity contribution in [2.75, 3.05) is 10.6 Å². The van der Waals surface area contributed by atoms with Crippen LogP contribution in [0, 0.1) is 34.5 Å². The van der Waals surface area contributed by atoms with E-state index in [4.69, 9.17) is 0 Å². The number of carbonyl (C=O) groups is 2. The molecule has 196 valence electrons. The van der Waals surface area contributed by atoms with E-state index >= 15 is 0 Å². The zero-order chi connectivity index (χ0) is 26.7. The third-order valence-electron chi connectivity index (χ3n) is 8.76. The van der Waals surface area contributed by atoms with Crippen molar-refractivity contribution in [3.63, 3.8) is 0 Å². The number of amides is 2. The van der Waals surface area contributed by atoms with E-state index in [0.29, 0.717) is 51.5 Å². The van der Waals surface area contributed by atoms with Crippen molar-refractivity contribution in [2.24, 2.45) is 23.2 Å². The van der Waals surface area contributed by atoms with Crippen molar-refractivity contribution in [3.8, 4) is 17.5 Å². The van der Waals surface area contributed by atoms with E-state index in [1.54, 1.807) is 18.2 Å². The molecule has 4 fully saturated rings. The third-order valence-corrected chi connectivity index (χ3v) is 8.76. The first-order chi connectivity index (χ1) is 18.9. The quantitative estimate of drug-likeness (QED) is 0.295. The molecule has 4 aromatic rings. The van der Waals surface area contributed by atoms with Crippen LogP contribution in [0.1, 0.15) is 54.6 Å². The molecule has 4 bridgehead atoms. The maximum atomic E-state index is 13.7. The zero-order valence-corrected chi connectivity index (χ0v) is 21.0. The molecule has 0 atom stereocenters. The smallest absolute Gasteiger partial charge is 0.349 e. The molecule has 2 heterocycles. The van der Waals surface area contributed by atoms with Gasteiger partial charge in [-0.1, -0.05) is 17.3 Å². The summed E-state index contributed by atoms with van der Waals surface area (Å²) in [5, 5.41) is 19.8. The number of H-pyrrole nitrogens is 2. The second kappa shape index (κ2) is 8.70. The number of para-hydroxylation sites is 1. The van der Waals surface area contributed by atoms with Crippen molar-refractivity contribution >= 4 is 34.1 Å². The number of hydrogen-bond donors (Lipinski definition) is 4. The fraction of sp³-hybridized carbons (Fsp3) is 0.345. The number of aromatic amines is 2. The Morgan fingerprint density at radius 2 is 1.72 bits per heavy atom. The van der Waals surface area contributed by atoms with E-state index < -0.39 is 11.7 Å². The number of nitrogens with one attached hydrogen (secondary N) is 4. The number of anilines is 2. The summed E-state index contributed by atoms with van der Waals surface area (Å²) in [6.07, 6.45) is 6.73. The molecule has 0 radical (unpaired) electrons. The first-order valence-electron chi connectivity index (χ1n) is 13.2. The molecule has 8 rings (SSSR count). The lowest BCUT2D eigenvalue weighted by molar-refractivity contribution is -0.140. The predicted octanol–water partition coefficient (Wildman–Crippen LogP) is 4.79. The van der Waals surface area contributed by atoms with Gasteiger partial charge in [-0.25, -0.2) is 4.79 Å². The average molecular weight is 523 g/mol. The van der Waals surface area contributed by atoms with Gasteiger partial charge in [0.05, 0.1) is 33.9 Å². The Hall–Kier alpha value is -4.65. The van der Waals surface area contributed by atoms with E-state index in [9.17, 15) is 19.6 Å². The third kappa shape index (κ3) is 4.02. The Kier molecular flexibility index (Phi) is 5.23. The van der Waals surface area contributed by atoms with Crippen LogP contribution in [0.2, 0.25) is 0 Å². The summed E-state index contributed by atoms with van der Waals surface area (Å²) in [6.45, 7) is 0. The van der Waals surface area contributed by atoms with E-state index in [1.165, 1.54) is 25.3 Å². The van der Waals surface area contributed by atoms with Crippen LogP contribution in [-0.4, -0.2) is 26.9 Å². The first kappa shape index (κ1) is 23.5. The highest BCUT2D eigenvalue weighted by atomic mass is 16.5. The van der Waals surface area contributed by atoms with Gasteiger partial charge in [0, 0.05) is 10.9 Å². The lowest BCUT2D eigenvalue weighted by Crippen LogP contribution is -2.51. The van der Waals surface area contributed by atoms with Crippen LogP contribution in [0.25, 0.3) is 22.3 Å². The Labute approximate surface area is 222 Å². The number of benzene rings is 2. The van der Waals surface area contributed by atoms with Gasteiger partial charge in [-0.15, -0.1) is 0 Å². The van der Waals surface area contributed by atoms with Gasteiger partial charge in [0.15, 0.2) is 5.82 Å². The number of carbonyl (C=O) groups excluding carboxylic acids is 2. The van der Waals surface area contributed by atoms with Gasteiger partial charge in [0.25, 0.3) is 5.91 Å². The molecule has 0 aliphatic heterocycles. The normalized spacial score (nSPS) is 24.9. The molecule has 4 aliphatic rings. The van der Waals surface area contributed by atoms with E-state index in [1.807, 2.05) is 24.3 Å². The molecule has 4 saturated carbocycles. The molecule has 2 aromatic heterocycles. The van der Waals surface area contributed by atoms with Gasteiger partial charge >= 0.3 is 5.76 Å². The standard InChI is InChI=1S/C29H26N6O4/c30-14-15-4-5-21(20(9-15)25-34-28(38)39-35-25)32-26(36)23-10-19-2-1-3-22(24(19)31-23)33-27(37)29-11-16-6-17(12-29)8-18(7-16)13-29/h1-5,9-10,16-18,31H,6-8,11-13H2,(H,32,36)(H,33,37)(H,34,35,38). The molecular weight excluding hydrogens is 496 g/mol. The Bertz CT molecular complexity index is 1700. The summed E-state index contributed by atoms with van der Waals surface area (Å²) in [5.74, 6) is 1.02. The Morgan fingerprint density at radius 1 is 0.974 bits per heavy atom. The monoisotopic (exact) mass is 522 g/mol. The molecule has 2 aromatic carbocycles. The molecule has 10 nitrogen and oxygen atoms in total. The van der Waals surface area contributed by atoms with Crippen molar-refractivity contribution in [3.05, 3.63) is 64.3 Å². The van der Waals surface area contributed by atoms with Gasteiger partial charge in [-0.3, -0.25) is 19.1 Å². The predicted molar refractivity (Wildman–Crippen MR) is 143 cm³/mol. The first-order valence-corrected chi connectivity index (χ1v) is 13.2. The van der Waals surface area contributed by atoms with E-state index in [0.717, 1.165) is 24.6 Å². The molecule has 0 unspecified atom stereocenters. The van der Waals surface area contributed by atoms with Gasteiger partial charge < -0.3 is 15.6 Å². The molecular formula is C29H26N6O4. The molecule has 0 spiro atoms. The summed E-state index contributed by atoms with van der Waals surface area (Å²) in [6, 6.07) is 14.0. The minimum Gasteiger partial charge on any atom is -0.349 e. The number of nitrogens with zero attached hydrogens (tertiary/aromatic N) is 2. The molecule has 4 aliphatic carbocycles. The van der Waals surface area contributed by atoms with Crippen LogP contribution in [0.4, 0.5) is 11.4 Å². The van der Waals surface area contributed by atoms with Crippen LogP contribution < -0.4 is 16.4 Å².